The molecule has 2 fully saturated rings. The smallest absolute Gasteiger partial charge is 0.241 e. The van der Waals surface area contributed by atoms with Crippen LogP contribution in [-0.2, 0) is 27.9 Å². The minimum absolute atomic E-state index is 0.0166. The van der Waals surface area contributed by atoms with Crippen LogP contribution < -0.4 is 10.0 Å². The Morgan fingerprint density at radius 1 is 0.951 bits per heavy atom. The first-order chi connectivity index (χ1) is 19.5. The van der Waals surface area contributed by atoms with Gasteiger partial charge in [0.05, 0.1) is 11.4 Å². The van der Waals surface area contributed by atoms with Crippen molar-refractivity contribution in [2.75, 3.05) is 6.54 Å². The van der Waals surface area contributed by atoms with Crippen molar-refractivity contribution in [2.45, 2.75) is 75.0 Å². The summed E-state index contributed by atoms with van der Waals surface area (Å²) in [6.07, 6.45) is 4.25. The molecule has 6 nitrogen and oxygen atoms in total. The molecule has 8 heteroatoms. The van der Waals surface area contributed by atoms with Crippen LogP contribution in [0.25, 0.3) is 11.1 Å². The van der Waals surface area contributed by atoms with E-state index in [4.69, 9.17) is 0 Å². The number of benzene rings is 3. The second kappa shape index (κ2) is 10.6. The van der Waals surface area contributed by atoms with Crippen molar-refractivity contribution < 1.29 is 17.6 Å². The molecular formula is C33H38FN3O3S. The number of carbonyl (C=O) groups is 1. The highest BCUT2D eigenvalue weighted by Crippen LogP contribution is 2.49. The van der Waals surface area contributed by atoms with Gasteiger partial charge >= 0.3 is 0 Å². The van der Waals surface area contributed by atoms with Crippen molar-refractivity contribution in [3.05, 3.63) is 89.7 Å². The van der Waals surface area contributed by atoms with Crippen LogP contribution in [0, 0.1) is 17.7 Å². The SMILES string of the molecule is CC1CC2CC(C)(NS(=O)(=O)c3ccc(-c4ccccc4)cc3)CC(NCC(=O)N3Cc4ccc(F)cc4C3)(C1)C2. The molecule has 3 aromatic carbocycles. The van der Waals surface area contributed by atoms with Crippen molar-refractivity contribution in [3.8, 4) is 11.1 Å². The molecule has 4 unspecified atom stereocenters. The average Bonchev–Trinajstić information content (AvgIpc) is 3.34. The van der Waals surface area contributed by atoms with Crippen molar-refractivity contribution in [2.24, 2.45) is 11.8 Å². The number of nitrogens with one attached hydrogen (secondary N) is 2. The lowest BCUT2D eigenvalue weighted by molar-refractivity contribution is -0.131. The molecule has 2 aliphatic carbocycles. The largest absolute Gasteiger partial charge is 0.333 e. The van der Waals surface area contributed by atoms with Crippen LogP contribution >= 0.6 is 0 Å². The number of nitrogens with zero attached hydrogens (tertiary/aromatic N) is 1. The van der Waals surface area contributed by atoms with Crippen LogP contribution in [0.4, 0.5) is 4.39 Å². The van der Waals surface area contributed by atoms with E-state index < -0.39 is 15.6 Å². The summed E-state index contributed by atoms with van der Waals surface area (Å²) in [6.45, 7) is 5.34. The zero-order chi connectivity index (χ0) is 28.8. The summed E-state index contributed by atoms with van der Waals surface area (Å²) < 4.78 is 43.9. The molecule has 1 aliphatic heterocycles. The van der Waals surface area contributed by atoms with Crippen LogP contribution in [-0.4, -0.2) is 36.8 Å². The Kier molecular flexibility index (Phi) is 7.29. The highest BCUT2D eigenvalue weighted by Gasteiger charge is 2.51. The molecule has 3 aliphatic rings. The summed E-state index contributed by atoms with van der Waals surface area (Å²) in [7, 11) is -3.75. The number of carbonyl (C=O) groups excluding carboxylic acids is 1. The molecule has 216 valence electrons. The molecule has 2 bridgehead atoms. The third-order valence-electron chi connectivity index (χ3n) is 9.13. The van der Waals surface area contributed by atoms with Crippen LogP contribution in [0.15, 0.2) is 77.7 Å². The van der Waals surface area contributed by atoms with Crippen molar-refractivity contribution in [3.63, 3.8) is 0 Å². The molecular weight excluding hydrogens is 537 g/mol. The maximum Gasteiger partial charge on any atom is 0.241 e. The highest BCUT2D eigenvalue weighted by molar-refractivity contribution is 7.89. The van der Waals surface area contributed by atoms with E-state index in [9.17, 15) is 17.6 Å². The summed E-state index contributed by atoms with van der Waals surface area (Å²) in [5.41, 5.74) is 2.88. The van der Waals surface area contributed by atoms with Gasteiger partial charge in [-0.3, -0.25) is 4.79 Å². The van der Waals surface area contributed by atoms with Gasteiger partial charge in [0, 0.05) is 24.2 Å². The van der Waals surface area contributed by atoms with Crippen LogP contribution in [0.2, 0.25) is 0 Å². The molecule has 2 saturated carbocycles. The molecule has 4 atom stereocenters. The standard InChI is InChI=1S/C33H38FN3O3S/c1-23-14-24-17-32(2,36-41(39,40)30-12-9-26(10-13-30)25-6-4-3-5-7-25)22-33(16-23,18-24)35-19-31(38)37-20-27-8-11-29(34)15-28(27)21-37/h3-13,15,23-24,35-36H,14,16-22H2,1-2H3. The van der Waals surface area contributed by atoms with Gasteiger partial charge in [-0.05, 0) is 97.4 Å². The maximum atomic E-state index is 13.7. The lowest BCUT2D eigenvalue weighted by Crippen LogP contribution is -2.64. The summed E-state index contributed by atoms with van der Waals surface area (Å²) in [4.78, 5) is 15.3. The fraction of sp³-hybridized carbons (Fsp3) is 0.424. The number of fused-ring (bicyclic) bond motifs is 3. The molecule has 0 saturated heterocycles. The molecule has 0 spiro atoms. The third kappa shape index (κ3) is 5.96. The van der Waals surface area contributed by atoms with Gasteiger partial charge in [0.15, 0.2) is 0 Å². The van der Waals surface area contributed by atoms with E-state index in [1.165, 1.54) is 12.1 Å². The topological polar surface area (TPSA) is 78.5 Å². The number of halogens is 1. The van der Waals surface area contributed by atoms with Gasteiger partial charge < -0.3 is 10.2 Å². The lowest BCUT2D eigenvalue weighted by Gasteiger charge is -2.54. The number of sulfonamides is 1. The average molecular weight is 576 g/mol. The molecule has 1 heterocycles. The minimum atomic E-state index is -3.75. The second-order valence-corrected chi connectivity index (χ2v) is 14.5. The van der Waals surface area contributed by atoms with Crippen molar-refractivity contribution >= 4 is 15.9 Å². The van der Waals surface area contributed by atoms with E-state index in [0.29, 0.717) is 31.3 Å². The predicted molar refractivity (Wildman–Crippen MR) is 158 cm³/mol. The zero-order valence-electron chi connectivity index (χ0n) is 23.7. The molecule has 0 radical (unpaired) electrons. The number of amides is 1. The Balaban J connectivity index is 1.15. The molecule has 1 amide bonds. The summed E-state index contributed by atoms with van der Waals surface area (Å²) >= 11 is 0. The fourth-order valence-electron chi connectivity index (χ4n) is 7.83. The van der Waals surface area contributed by atoms with Gasteiger partial charge in [0.1, 0.15) is 5.82 Å². The van der Waals surface area contributed by atoms with Crippen LogP contribution in [0.3, 0.4) is 0 Å². The van der Waals surface area contributed by atoms with E-state index >= 15 is 0 Å². The second-order valence-electron chi connectivity index (χ2n) is 12.8. The van der Waals surface area contributed by atoms with E-state index in [-0.39, 0.29) is 28.7 Å². The number of rotatable bonds is 7. The van der Waals surface area contributed by atoms with Gasteiger partial charge in [-0.25, -0.2) is 17.5 Å². The fourth-order valence-corrected chi connectivity index (χ4v) is 9.25. The number of hydrogen-bond donors (Lipinski definition) is 2. The third-order valence-corrected chi connectivity index (χ3v) is 10.8. The highest BCUT2D eigenvalue weighted by atomic mass is 32.2. The Labute approximate surface area is 242 Å². The van der Waals surface area contributed by atoms with E-state index in [2.05, 4.69) is 17.0 Å². The molecule has 41 heavy (non-hydrogen) atoms. The van der Waals surface area contributed by atoms with Gasteiger partial charge in [-0.15, -0.1) is 0 Å². The first kappa shape index (κ1) is 28.1. The Hall–Kier alpha value is -3.07. The Morgan fingerprint density at radius 2 is 1.66 bits per heavy atom. The normalized spacial score (nSPS) is 27.4. The zero-order valence-corrected chi connectivity index (χ0v) is 24.5. The summed E-state index contributed by atoms with van der Waals surface area (Å²) in [5.74, 6) is 0.551. The minimum Gasteiger partial charge on any atom is -0.333 e. The van der Waals surface area contributed by atoms with Crippen molar-refractivity contribution in [1.29, 1.82) is 0 Å². The van der Waals surface area contributed by atoms with Gasteiger partial charge in [0.25, 0.3) is 0 Å². The molecule has 3 aromatic rings. The molecule has 2 N–H and O–H groups in total. The monoisotopic (exact) mass is 575 g/mol. The maximum absolute atomic E-state index is 13.7. The van der Waals surface area contributed by atoms with E-state index in [1.807, 2.05) is 49.4 Å². The van der Waals surface area contributed by atoms with Crippen LogP contribution in [0.1, 0.15) is 57.1 Å². The predicted octanol–water partition coefficient (Wildman–Crippen LogP) is 5.63. The van der Waals surface area contributed by atoms with Crippen LogP contribution in [0.5, 0.6) is 0 Å². The number of hydrogen-bond acceptors (Lipinski definition) is 4. The Morgan fingerprint density at radius 3 is 2.41 bits per heavy atom. The van der Waals surface area contributed by atoms with Gasteiger partial charge in [0.2, 0.25) is 15.9 Å². The van der Waals surface area contributed by atoms with E-state index in [1.54, 1.807) is 23.1 Å². The van der Waals surface area contributed by atoms with Crippen molar-refractivity contribution in [1.82, 2.24) is 14.9 Å². The molecule has 6 rings (SSSR count). The molecule has 0 aromatic heterocycles. The van der Waals surface area contributed by atoms with Gasteiger partial charge in [-0.2, -0.15) is 0 Å². The first-order valence-electron chi connectivity index (χ1n) is 14.5. The van der Waals surface area contributed by atoms with E-state index in [0.717, 1.165) is 47.9 Å². The quantitative estimate of drug-likeness (QED) is 0.383. The first-order valence-corrected chi connectivity index (χ1v) is 16.0. The lowest BCUT2D eigenvalue weighted by atomic mass is 9.59. The summed E-state index contributed by atoms with van der Waals surface area (Å²) in [6, 6.07) is 21.6. The van der Waals surface area contributed by atoms with Gasteiger partial charge in [-0.1, -0.05) is 55.5 Å². The Bertz CT molecular complexity index is 1540. The summed E-state index contributed by atoms with van der Waals surface area (Å²) in [5, 5.41) is 3.62.